The van der Waals surface area contributed by atoms with E-state index in [9.17, 15) is 23.1 Å². The highest BCUT2D eigenvalue weighted by molar-refractivity contribution is 6.35. The number of β-amino-alcohol motifs (C(OH)–C–C–N with tert-alkyl or cyclic N) is 1. The molecule has 2 atom stereocenters. The SMILES string of the molecule is O=C(O)O[C@H]1CCCN(C[C@@H](O)c2ccc(-c3noc(-c4cnn(-c5ncc(Cl)cc5Cl)c4C(F)(F)F)n3)cc2)C1. The maximum Gasteiger partial charge on any atom is 0.506 e. The van der Waals surface area contributed by atoms with Crippen LogP contribution in [0.25, 0.3) is 28.7 Å². The molecule has 216 valence electrons. The van der Waals surface area contributed by atoms with E-state index in [1.165, 1.54) is 6.07 Å². The predicted octanol–water partition coefficient (Wildman–Crippen LogP) is 5.50. The molecule has 2 N–H and O–H groups in total. The summed E-state index contributed by atoms with van der Waals surface area (Å²) in [7, 11) is 0. The molecular formula is C25H21Cl2F3N6O5. The van der Waals surface area contributed by atoms with Crippen molar-refractivity contribution in [3.63, 3.8) is 0 Å². The van der Waals surface area contributed by atoms with Gasteiger partial charge in [0.25, 0.3) is 5.89 Å². The van der Waals surface area contributed by atoms with Gasteiger partial charge in [-0.25, -0.2) is 14.5 Å². The van der Waals surface area contributed by atoms with Gasteiger partial charge in [-0.05, 0) is 31.0 Å². The molecule has 0 amide bonds. The van der Waals surface area contributed by atoms with Gasteiger partial charge in [0.1, 0.15) is 6.10 Å². The number of aliphatic hydroxyl groups excluding tert-OH is 1. The number of likely N-dealkylation sites (tertiary alicyclic amines) is 1. The number of carbonyl (C=O) groups is 1. The smallest absolute Gasteiger partial charge is 0.450 e. The van der Waals surface area contributed by atoms with Crippen molar-refractivity contribution in [3.8, 4) is 28.7 Å². The first-order valence-corrected chi connectivity index (χ1v) is 13.0. The van der Waals surface area contributed by atoms with Crippen molar-refractivity contribution in [1.82, 2.24) is 29.8 Å². The van der Waals surface area contributed by atoms with Crippen LogP contribution >= 0.6 is 23.2 Å². The Balaban J connectivity index is 1.34. The molecule has 16 heteroatoms. The normalized spacial score (nSPS) is 17.0. The van der Waals surface area contributed by atoms with Gasteiger partial charge < -0.3 is 19.5 Å². The Kier molecular flexibility index (Phi) is 8.18. The number of aliphatic hydroxyl groups is 1. The van der Waals surface area contributed by atoms with Crippen LogP contribution in [0.15, 0.2) is 47.2 Å². The minimum atomic E-state index is -4.88. The van der Waals surface area contributed by atoms with E-state index >= 15 is 0 Å². The van der Waals surface area contributed by atoms with Crippen LogP contribution in [0.5, 0.6) is 0 Å². The fourth-order valence-corrected chi connectivity index (χ4v) is 5.03. The van der Waals surface area contributed by atoms with Gasteiger partial charge in [0, 0.05) is 24.8 Å². The lowest BCUT2D eigenvalue weighted by Gasteiger charge is -2.33. The van der Waals surface area contributed by atoms with Crippen molar-refractivity contribution in [2.75, 3.05) is 19.6 Å². The third-order valence-electron chi connectivity index (χ3n) is 6.40. The summed E-state index contributed by atoms with van der Waals surface area (Å²) in [6, 6.07) is 7.73. The number of aromatic nitrogens is 5. The molecule has 1 aromatic carbocycles. The Morgan fingerprint density at radius 1 is 1.22 bits per heavy atom. The van der Waals surface area contributed by atoms with E-state index in [0.29, 0.717) is 35.3 Å². The van der Waals surface area contributed by atoms with E-state index in [2.05, 4.69) is 20.2 Å². The molecule has 0 unspecified atom stereocenters. The molecule has 1 aliphatic rings. The number of halogens is 5. The molecule has 4 aromatic rings. The Morgan fingerprint density at radius 2 is 1.98 bits per heavy atom. The molecule has 11 nitrogen and oxygen atoms in total. The van der Waals surface area contributed by atoms with E-state index < -0.39 is 41.7 Å². The van der Waals surface area contributed by atoms with E-state index in [0.717, 1.165) is 18.8 Å². The summed E-state index contributed by atoms with van der Waals surface area (Å²) in [4.78, 5) is 20.7. The zero-order valence-electron chi connectivity index (χ0n) is 20.9. The standard InChI is InChI=1S/C25H21Cl2F3N6O5/c26-15-8-18(27)22(31-9-15)36-20(25(28,29)30)17(10-32-36)23-33-21(34-41-23)14-5-3-13(4-6-14)19(37)12-35-7-1-2-16(11-35)40-24(38)39/h3-6,8-10,16,19,37H,1-2,7,11-12H2,(H,38,39)/t16-,19+/m0/s1. The number of piperidine rings is 1. The molecule has 1 aliphatic heterocycles. The highest BCUT2D eigenvalue weighted by atomic mass is 35.5. The zero-order chi connectivity index (χ0) is 29.3. The summed E-state index contributed by atoms with van der Waals surface area (Å²) in [5.74, 6) is -0.678. The lowest BCUT2D eigenvalue weighted by Crippen LogP contribution is -2.42. The Morgan fingerprint density at radius 3 is 2.66 bits per heavy atom. The van der Waals surface area contributed by atoms with Crippen molar-refractivity contribution >= 4 is 29.4 Å². The molecule has 3 aromatic heterocycles. The topological polar surface area (TPSA) is 140 Å². The van der Waals surface area contributed by atoms with Crippen LogP contribution in [0.2, 0.25) is 10.0 Å². The first-order valence-electron chi connectivity index (χ1n) is 12.2. The van der Waals surface area contributed by atoms with Crippen LogP contribution in [0.4, 0.5) is 18.0 Å². The first-order chi connectivity index (χ1) is 19.5. The Bertz CT molecular complexity index is 1550. The summed E-state index contributed by atoms with van der Waals surface area (Å²) >= 11 is 11.9. The molecule has 0 bridgehead atoms. The van der Waals surface area contributed by atoms with Crippen LogP contribution < -0.4 is 0 Å². The van der Waals surface area contributed by atoms with Crippen molar-refractivity contribution < 1.29 is 37.4 Å². The highest BCUT2D eigenvalue weighted by Gasteiger charge is 2.41. The molecule has 0 aliphatic carbocycles. The Hall–Kier alpha value is -3.72. The van der Waals surface area contributed by atoms with Gasteiger partial charge >= 0.3 is 12.3 Å². The number of alkyl halides is 3. The van der Waals surface area contributed by atoms with Crippen molar-refractivity contribution in [2.24, 2.45) is 0 Å². The minimum Gasteiger partial charge on any atom is -0.450 e. The fourth-order valence-electron chi connectivity index (χ4n) is 4.57. The molecule has 0 spiro atoms. The maximum atomic E-state index is 14.1. The lowest BCUT2D eigenvalue weighted by molar-refractivity contribution is -0.142. The quantitative estimate of drug-likeness (QED) is 0.257. The second-order valence-electron chi connectivity index (χ2n) is 9.24. The summed E-state index contributed by atoms with van der Waals surface area (Å²) in [6.07, 6.45) is -4.10. The second kappa shape index (κ2) is 11.6. The van der Waals surface area contributed by atoms with Crippen LogP contribution in [0.1, 0.15) is 30.2 Å². The monoisotopic (exact) mass is 612 g/mol. The fraction of sp³-hybridized carbons (Fsp3) is 0.320. The van der Waals surface area contributed by atoms with Crippen LogP contribution in [0, 0.1) is 0 Å². The predicted molar refractivity (Wildman–Crippen MR) is 139 cm³/mol. The number of rotatable bonds is 7. The number of ether oxygens (including phenoxy) is 1. The Labute approximate surface area is 240 Å². The largest absolute Gasteiger partial charge is 0.506 e. The van der Waals surface area contributed by atoms with Crippen molar-refractivity contribution in [2.45, 2.75) is 31.2 Å². The van der Waals surface area contributed by atoms with Crippen molar-refractivity contribution in [1.29, 1.82) is 0 Å². The first kappa shape index (κ1) is 28.8. The van der Waals surface area contributed by atoms with Gasteiger partial charge in [-0.3, -0.25) is 4.90 Å². The highest BCUT2D eigenvalue weighted by Crippen LogP contribution is 2.39. The average Bonchev–Trinajstić information content (AvgIpc) is 3.56. The summed E-state index contributed by atoms with van der Waals surface area (Å²) in [5.41, 5.74) is -0.668. The van der Waals surface area contributed by atoms with Gasteiger partial charge in [-0.1, -0.05) is 52.6 Å². The zero-order valence-corrected chi connectivity index (χ0v) is 22.4. The maximum absolute atomic E-state index is 14.1. The van der Waals surface area contributed by atoms with Crippen molar-refractivity contribution in [3.05, 3.63) is 64.0 Å². The molecule has 41 heavy (non-hydrogen) atoms. The third kappa shape index (κ3) is 6.45. The van der Waals surface area contributed by atoms with Gasteiger partial charge in [0.15, 0.2) is 11.5 Å². The molecule has 0 saturated carbocycles. The summed E-state index contributed by atoms with van der Waals surface area (Å²) in [5, 5.41) is 27.2. The van der Waals surface area contributed by atoms with E-state index in [4.69, 9.17) is 37.6 Å². The van der Waals surface area contributed by atoms with Gasteiger partial charge in [0.05, 0.1) is 27.9 Å². The summed E-state index contributed by atoms with van der Waals surface area (Å²) in [6.45, 7) is 1.34. The molecule has 1 saturated heterocycles. The van der Waals surface area contributed by atoms with Crippen LogP contribution in [-0.4, -0.2) is 71.9 Å². The molecule has 5 rings (SSSR count). The van der Waals surface area contributed by atoms with Crippen LogP contribution in [0.3, 0.4) is 0 Å². The van der Waals surface area contributed by atoms with Gasteiger partial charge in [0.2, 0.25) is 5.82 Å². The molecular weight excluding hydrogens is 592 g/mol. The van der Waals surface area contributed by atoms with E-state index in [1.807, 2.05) is 4.90 Å². The summed E-state index contributed by atoms with van der Waals surface area (Å²) < 4.78 is 52.9. The number of carboxylic acid groups (broad SMARTS) is 1. The third-order valence-corrected chi connectivity index (χ3v) is 6.88. The minimum absolute atomic E-state index is 0.0225. The number of benzene rings is 1. The van der Waals surface area contributed by atoms with E-state index in [-0.39, 0.29) is 28.2 Å². The van der Waals surface area contributed by atoms with E-state index in [1.54, 1.807) is 24.3 Å². The number of pyridine rings is 1. The average molecular weight is 613 g/mol. The van der Waals surface area contributed by atoms with Gasteiger partial charge in [-0.15, -0.1) is 0 Å². The second-order valence-corrected chi connectivity index (χ2v) is 10.1. The van der Waals surface area contributed by atoms with Gasteiger partial charge in [-0.2, -0.15) is 23.3 Å². The lowest BCUT2D eigenvalue weighted by atomic mass is 10.0. The van der Waals surface area contributed by atoms with Crippen LogP contribution in [-0.2, 0) is 10.9 Å². The molecule has 4 heterocycles. The molecule has 0 radical (unpaired) electrons. The molecule has 1 fully saturated rings. The number of hydrogen-bond acceptors (Lipinski definition) is 9. The number of hydrogen-bond donors (Lipinski definition) is 2. The number of nitrogens with zero attached hydrogens (tertiary/aromatic N) is 6.